The molecule has 0 heterocycles. The lowest BCUT2D eigenvalue weighted by Gasteiger charge is -2.30. The van der Waals surface area contributed by atoms with Gasteiger partial charge in [-0.25, -0.2) is 0 Å². The molecular formula is C60H53N. The van der Waals surface area contributed by atoms with E-state index in [2.05, 4.69) is 215 Å². The first-order valence-electron chi connectivity index (χ1n) is 22.5. The van der Waals surface area contributed by atoms with E-state index < -0.39 is 0 Å². The third kappa shape index (κ3) is 6.20. The highest BCUT2D eigenvalue weighted by molar-refractivity contribution is 5.93. The van der Waals surface area contributed by atoms with Gasteiger partial charge in [0, 0.05) is 27.8 Å². The van der Waals surface area contributed by atoms with Crippen LogP contribution in [0.4, 0.5) is 17.1 Å². The van der Waals surface area contributed by atoms with Crippen molar-refractivity contribution >= 4 is 17.1 Å². The first-order chi connectivity index (χ1) is 29.8. The van der Waals surface area contributed by atoms with Crippen molar-refractivity contribution < 1.29 is 0 Å². The number of fused-ring (bicyclic) bond motifs is 6. The summed E-state index contributed by atoms with van der Waals surface area (Å²) < 4.78 is 0. The maximum atomic E-state index is 2.47. The first kappa shape index (κ1) is 37.6. The largest absolute Gasteiger partial charge is 0.310 e. The monoisotopic (exact) mass is 787 g/mol. The van der Waals surface area contributed by atoms with Crippen molar-refractivity contribution in [1.29, 1.82) is 0 Å². The number of nitrogens with zero attached hydrogens (tertiary/aromatic N) is 1. The molecule has 3 aliphatic rings. The minimum Gasteiger partial charge on any atom is -0.310 e. The molecule has 298 valence electrons. The quantitative estimate of drug-likeness (QED) is 0.155. The molecule has 1 nitrogen and oxygen atoms in total. The summed E-state index contributed by atoms with van der Waals surface area (Å²) in [5, 5.41) is 0. The fourth-order valence-corrected chi connectivity index (χ4v) is 11.3. The van der Waals surface area contributed by atoms with Gasteiger partial charge < -0.3 is 4.90 Å². The molecule has 8 aromatic rings. The summed E-state index contributed by atoms with van der Waals surface area (Å²) >= 11 is 0. The summed E-state index contributed by atoms with van der Waals surface area (Å²) in [6.07, 6.45) is 6.75. The van der Waals surface area contributed by atoms with Gasteiger partial charge in [0.2, 0.25) is 0 Å². The van der Waals surface area contributed by atoms with Crippen LogP contribution in [0.25, 0.3) is 55.6 Å². The van der Waals surface area contributed by atoms with Gasteiger partial charge in [0.05, 0.1) is 5.69 Å². The second-order valence-corrected chi connectivity index (χ2v) is 18.7. The van der Waals surface area contributed by atoms with E-state index in [1.165, 1.54) is 116 Å². The van der Waals surface area contributed by atoms with E-state index in [1.54, 1.807) is 0 Å². The number of anilines is 3. The molecule has 0 unspecified atom stereocenters. The van der Waals surface area contributed by atoms with Gasteiger partial charge >= 0.3 is 0 Å². The Kier molecular flexibility index (Phi) is 9.01. The van der Waals surface area contributed by atoms with E-state index in [0.29, 0.717) is 5.92 Å². The van der Waals surface area contributed by atoms with Gasteiger partial charge in [-0.15, -0.1) is 0 Å². The Morgan fingerprint density at radius 2 is 0.967 bits per heavy atom. The standard InChI is InChI=1S/C60H53N/c1-59(2)55-37-32-45(49-22-15-23-52-50-21-11-13-24-54(50)60(3,4)58(49)52)38-53(55)51-36-35-47(39-56(51)59)61(57-25-14-12-20-48(57)44-18-9-6-10-19-44)46-33-30-43(31-34-46)42-28-26-41(27-29-42)40-16-7-5-8-17-40/h6,9-15,18-40H,5,7-8,16-17H2,1-4H3. The predicted molar refractivity (Wildman–Crippen MR) is 258 cm³/mol. The zero-order valence-electron chi connectivity index (χ0n) is 35.9. The average molecular weight is 788 g/mol. The lowest BCUT2D eigenvalue weighted by Crippen LogP contribution is -2.17. The van der Waals surface area contributed by atoms with Gasteiger partial charge in [-0.2, -0.15) is 0 Å². The molecule has 61 heavy (non-hydrogen) atoms. The second-order valence-electron chi connectivity index (χ2n) is 18.7. The lowest BCUT2D eigenvalue weighted by molar-refractivity contribution is 0.443. The number of para-hydroxylation sites is 1. The smallest absolute Gasteiger partial charge is 0.0540 e. The summed E-state index contributed by atoms with van der Waals surface area (Å²) in [6.45, 7) is 9.58. The van der Waals surface area contributed by atoms with Crippen molar-refractivity contribution in [3.8, 4) is 55.6 Å². The van der Waals surface area contributed by atoms with Crippen LogP contribution in [0.3, 0.4) is 0 Å². The summed E-state index contributed by atoms with van der Waals surface area (Å²) in [5.41, 5.74) is 23.2. The maximum absolute atomic E-state index is 2.47. The normalized spacial score (nSPS) is 15.7. The van der Waals surface area contributed by atoms with E-state index in [-0.39, 0.29) is 10.8 Å². The molecule has 0 bridgehead atoms. The SMILES string of the molecule is CC1(C)c2ccc(-c3cccc4c3C(C)(C)c3ccccc3-4)cc2-c2ccc(N(c3ccc(-c4ccc(C5CCCCC5)cc4)cc3)c3ccccc3-c3ccccc3)cc21. The van der Waals surface area contributed by atoms with Gasteiger partial charge in [-0.3, -0.25) is 0 Å². The molecule has 1 fully saturated rings. The Bertz CT molecular complexity index is 2920. The van der Waals surface area contributed by atoms with Gasteiger partial charge in [0.15, 0.2) is 0 Å². The van der Waals surface area contributed by atoms with Gasteiger partial charge in [-0.05, 0) is 133 Å². The zero-order valence-corrected chi connectivity index (χ0v) is 35.9. The molecule has 0 N–H and O–H groups in total. The average Bonchev–Trinajstić information content (AvgIpc) is 3.69. The molecule has 0 amide bonds. The summed E-state index contributed by atoms with van der Waals surface area (Å²) in [6, 6.07) is 68.6. The predicted octanol–water partition coefficient (Wildman–Crippen LogP) is 16.8. The van der Waals surface area contributed by atoms with Crippen LogP contribution < -0.4 is 4.90 Å². The van der Waals surface area contributed by atoms with E-state index in [1.807, 2.05) is 0 Å². The van der Waals surface area contributed by atoms with Gasteiger partial charge in [0.1, 0.15) is 0 Å². The van der Waals surface area contributed by atoms with Crippen molar-refractivity contribution in [2.24, 2.45) is 0 Å². The molecule has 0 radical (unpaired) electrons. The van der Waals surface area contributed by atoms with E-state index >= 15 is 0 Å². The van der Waals surface area contributed by atoms with Crippen LogP contribution in [-0.4, -0.2) is 0 Å². The lowest BCUT2D eigenvalue weighted by atomic mass is 9.78. The third-order valence-electron chi connectivity index (χ3n) is 14.5. The molecule has 0 atom stereocenters. The van der Waals surface area contributed by atoms with Crippen molar-refractivity contribution in [2.75, 3.05) is 4.90 Å². The topological polar surface area (TPSA) is 3.24 Å². The number of hydrogen-bond acceptors (Lipinski definition) is 1. The molecule has 11 rings (SSSR count). The molecular weight excluding hydrogens is 735 g/mol. The van der Waals surface area contributed by atoms with Crippen LogP contribution in [0.2, 0.25) is 0 Å². The number of benzene rings is 8. The molecule has 0 spiro atoms. The Morgan fingerprint density at radius 1 is 0.377 bits per heavy atom. The molecule has 3 aliphatic carbocycles. The Hall–Kier alpha value is -6.44. The Morgan fingerprint density at radius 3 is 1.74 bits per heavy atom. The van der Waals surface area contributed by atoms with Crippen molar-refractivity contribution in [3.63, 3.8) is 0 Å². The number of hydrogen-bond donors (Lipinski definition) is 0. The summed E-state index contributed by atoms with van der Waals surface area (Å²) in [4.78, 5) is 2.47. The maximum Gasteiger partial charge on any atom is 0.0540 e. The van der Waals surface area contributed by atoms with Crippen LogP contribution in [0, 0.1) is 0 Å². The molecule has 1 heteroatoms. The zero-order chi connectivity index (χ0) is 41.3. The fourth-order valence-electron chi connectivity index (χ4n) is 11.3. The van der Waals surface area contributed by atoms with Crippen molar-refractivity contribution in [3.05, 3.63) is 210 Å². The minimum absolute atomic E-state index is 0.0789. The molecule has 1 saturated carbocycles. The fraction of sp³-hybridized carbons (Fsp3) is 0.200. The van der Waals surface area contributed by atoms with Gasteiger partial charge in [0.25, 0.3) is 0 Å². The minimum atomic E-state index is -0.175. The molecule has 0 saturated heterocycles. The summed E-state index contributed by atoms with van der Waals surface area (Å²) in [5.74, 6) is 0.714. The van der Waals surface area contributed by atoms with E-state index in [4.69, 9.17) is 0 Å². The van der Waals surface area contributed by atoms with Crippen LogP contribution >= 0.6 is 0 Å². The van der Waals surface area contributed by atoms with Crippen LogP contribution in [0.5, 0.6) is 0 Å². The van der Waals surface area contributed by atoms with Crippen LogP contribution in [-0.2, 0) is 10.8 Å². The highest BCUT2D eigenvalue weighted by Crippen LogP contribution is 2.55. The highest BCUT2D eigenvalue weighted by Gasteiger charge is 2.39. The van der Waals surface area contributed by atoms with Crippen molar-refractivity contribution in [1.82, 2.24) is 0 Å². The van der Waals surface area contributed by atoms with Crippen LogP contribution in [0.1, 0.15) is 93.5 Å². The second kappa shape index (κ2) is 14.6. The van der Waals surface area contributed by atoms with Crippen molar-refractivity contribution in [2.45, 2.75) is 76.5 Å². The Balaban J connectivity index is 1.000. The molecule has 8 aromatic carbocycles. The Labute approximate surface area is 362 Å². The highest BCUT2D eigenvalue weighted by atomic mass is 15.1. The van der Waals surface area contributed by atoms with Crippen LogP contribution in [0.15, 0.2) is 182 Å². The first-order valence-corrected chi connectivity index (χ1v) is 22.5. The molecule has 0 aliphatic heterocycles. The summed E-state index contributed by atoms with van der Waals surface area (Å²) in [7, 11) is 0. The van der Waals surface area contributed by atoms with E-state index in [0.717, 1.165) is 17.1 Å². The number of rotatable bonds is 7. The van der Waals surface area contributed by atoms with E-state index in [9.17, 15) is 0 Å². The third-order valence-corrected chi connectivity index (χ3v) is 14.5. The van der Waals surface area contributed by atoms with Gasteiger partial charge in [-0.1, -0.05) is 193 Å². The molecule has 0 aromatic heterocycles.